The lowest BCUT2D eigenvalue weighted by Crippen LogP contribution is -2.43. The van der Waals surface area contributed by atoms with Gasteiger partial charge in [0, 0.05) is 19.5 Å². The zero-order chi connectivity index (χ0) is 14.6. The standard InChI is InChI=1S/C16H24N2O2/c1-17(2)12-16(20)10-11-18(13-16)15(19)9-8-14-6-4-3-5-7-14/h3-7,20H,8-13H2,1-2H3/t16-/m0/s1. The predicted molar refractivity (Wildman–Crippen MR) is 79.5 cm³/mol. The maximum atomic E-state index is 12.2. The first-order valence-electron chi connectivity index (χ1n) is 7.17. The lowest BCUT2D eigenvalue weighted by atomic mass is 10.0. The lowest BCUT2D eigenvalue weighted by Gasteiger charge is -2.26. The second kappa shape index (κ2) is 6.37. The number of carbonyl (C=O) groups is 1. The van der Waals surface area contributed by atoms with Crippen LogP contribution in [0, 0.1) is 0 Å². The summed E-state index contributed by atoms with van der Waals surface area (Å²) in [5, 5.41) is 10.4. The van der Waals surface area contributed by atoms with Gasteiger partial charge in [-0.15, -0.1) is 0 Å². The number of aryl methyl sites for hydroxylation is 1. The molecule has 1 aliphatic heterocycles. The minimum atomic E-state index is -0.744. The number of hydrogen-bond acceptors (Lipinski definition) is 3. The van der Waals surface area contributed by atoms with Crippen LogP contribution in [-0.4, -0.2) is 60.1 Å². The zero-order valence-corrected chi connectivity index (χ0v) is 12.4. The van der Waals surface area contributed by atoms with E-state index in [0.717, 1.165) is 6.42 Å². The summed E-state index contributed by atoms with van der Waals surface area (Å²) in [5.41, 5.74) is 0.440. The summed E-state index contributed by atoms with van der Waals surface area (Å²) in [5.74, 6) is 0.142. The van der Waals surface area contributed by atoms with Crippen molar-refractivity contribution >= 4 is 5.91 Å². The Kier molecular flexibility index (Phi) is 4.78. The largest absolute Gasteiger partial charge is 0.387 e. The highest BCUT2D eigenvalue weighted by atomic mass is 16.3. The molecule has 1 saturated heterocycles. The van der Waals surface area contributed by atoms with E-state index in [-0.39, 0.29) is 5.91 Å². The molecule has 110 valence electrons. The van der Waals surface area contributed by atoms with Gasteiger partial charge in [-0.2, -0.15) is 0 Å². The maximum absolute atomic E-state index is 12.2. The Bertz CT molecular complexity index is 447. The van der Waals surface area contributed by atoms with E-state index in [1.54, 1.807) is 4.90 Å². The highest BCUT2D eigenvalue weighted by Crippen LogP contribution is 2.22. The SMILES string of the molecule is CN(C)C[C@@]1(O)CCN(C(=O)CCc2ccccc2)C1. The molecule has 0 aromatic heterocycles. The topological polar surface area (TPSA) is 43.8 Å². The van der Waals surface area contributed by atoms with Crippen molar-refractivity contribution in [1.82, 2.24) is 9.80 Å². The van der Waals surface area contributed by atoms with Crippen LogP contribution in [0.1, 0.15) is 18.4 Å². The van der Waals surface area contributed by atoms with Gasteiger partial charge in [0.1, 0.15) is 0 Å². The number of aliphatic hydroxyl groups is 1. The van der Waals surface area contributed by atoms with E-state index in [4.69, 9.17) is 0 Å². The Morgan fingerprint density at radius 2 is 2.05 bits per heavy atom. The third-order valence-corrected chi connectivity index (χ3v) is 3.77. The number of carbonyl (C=O) groups excluding carboxylic acids is 1. The van der Waals surface area contributed by atoms with Gasteiger partial charge < -0.3 is 14.9 Å². The molecule has 1 aromatic rings. The molecule has 1 N–H and O–H groups in total. The summed E-state index contributed by atoms with van der Waals surface area (Å²) in [6.07, 6.45) is 1.95. The first-order valence-corrected chi connectivity index (χ1v) is 7.17. The molecule has 4 heteroatoms. The summed E-state index contributed by atoms with van der Waals surface area (Å²) in [6, 6.07) is 10.0. The van der Waals surface area contributed by atoms with Gasteiger partial charge in [-0.3, -0.25) is 4.79 Å². The molecule has 0 unspecified atom stereocenters. The smallest absolute Gasteiger partial charge is 0.223 e. The van der Waals surface area contributed by atoms with E-state index >= 15 is 0 Å². The fourth-order valence-electron chi connectivity index (χ4n) is 2.84. The first kappa shape index (κ1) is 15.0. The summed E-state index contributed by atoms with van der Waals surface area (Å²) >= 11 is 0. The van der Waals surface area contributed by atoms with Crippen LogP contribution in [-0.2, 0) is 11.2 Å². The molecule has 0 radical (unpaired) electrons. The Labute approximate surface area is 121 Å². The van der Waals surface area contributed by atoms with Gasteiger partial charge in [0.2, 0.25) is 5.91 Å². The third kappa shape index (κ3) is 4.05. The second-order valence-electron chi connectivity index (χ2n) is 6.01. The molecular weight excluding hydrogens is 252 g/mol. The fourth-order valence-corrected chi connectivity index (χ4v) is 2.84. The first-order chi connectivity index (χ1) is 9.48. The van der Waals surface area contributed by atoms with Gasteiger partial charge in [-0.25, -0.2) is 0 Å². The summed E-state index contributed by atoms with van der Waals surface area (Å²) in [7, 11) is 3.88. The molecule has 0 spiro atoms. The van der Waals surface area contributed by atoms with E-state index in [9.17, 15) is 9.90 Å². The van der Waals surface area contributed by atoms with Crippen LogP contribution in [0.3, 0.4) is 0 Å². The number of amides is 1. The maximum Gasteiger partial charge on any atom is 0.223 e. The Hall–Kier alpha value is -1.39. The van der Waals surface area contributed by atoms with Gasteiger partial charge in [-0.05, 0) is 32.5 Å². The molecule has 1 aromatic carbocycles. The molecule has 20 heavy (non-hydrogen) atoms. The predicted octanol–water partition coefficient (Wildman–Crippen LogP) is 1.14. The molecule has 1 heterocycles. The quantitative estimate of drug-likeness (QED) is 0.877. The average Bonchev–Trinajstić information content (AvgIpc) is 2.78. The average molecular weight is 276 g/mol. The van der Waals surface area contributed by atoms with E-state index in [0.29, 0.717) is 32.5 Å². The van der Waals surface area contributed by atoms with Crippen molar-refractivity contribution < 1.29 is 9.90 Å². The van der Waals surface area contributed by atoms with Crippen LogP contribution in [0.5, 0.6) is 0 Å². The Morgan fingerprint density at radius 1 is 1.35 bits per heavy atom. The number of likely N-dealkylation sites (N-methyl/N-ethyl adjacent to an activating group) is 1. The van der Waals surface area contributed by atoms with Gasteiger partial charge in [0.05, 0.1) is 12.1 Å². The molecule has 0 bridgehead atoms. The van der Waals surface area contributed by atoms with Crippen molar-refractivity contribution in [2.75, 3.05) is 33.7 Å². The Balaban J connectivity index is 1.82. The molecule has 1 amide bonds. The molecule has 1 aliphatic rings. The number of nitrogens with zero attached hydrogens (tertiary/aromatic N) is 2. The normalized spacial score (nSPS) is 22.5. The number of hydrogen-bond donors (Lipinski definition) is 1. The number of β-amino-alcohol motifs (C(OH)–C–C–N with tert-alkyl or cyclic N) is 1. The summed E-state index contributed by atoms with van der Waals surface area (Å²) in [4.78, 5) is 16.0. The second-order valence-corrected chi connectivity index (χ2v) is 6.01. The molecule has 2 rings (SSSR count). The van der Waals surface area contributed by atoms with Gasteiger partial charge >= 0.3 is 0 Å². The molecule has 1 atom stereocenters. The van der Waals surface area contributed by atoms with Gasteiger partial charge in [0.15, 0.2) is 0 Å². The highest BCUT2D eigenvalue weighted by molar-refractivity contribution is 5.76. The molecular formula is C16H24N2O2. The highest BCUT2D eigenvalue weighted by Gasteiger charge is 2.38. The van der Waals surface area contributed by atoms with Crippen LogP contribution >= 0.6 is 0 Å². The van der Waals surface area contributed by atoms with Crippen molar-refractivity contribution in [3.8, 4) is 0 Å². The van der Waals surface area contributed by atoms with Crippen molar-refractivity contribution in [3.05, 3.63) is 35.9 Å². The van der Waals surface area contributed by atoms with Crippen molar-refractivity contribution in [3.63, 3.8) is 0 Å². The molecule has 4 nitrogen and oxygen atoms in total. The van der Waals surface area contributed by atoms with E-state index in [1.807, 2.05) is 49.3 Å². The summed E-state index contributed by atoms with van der Waals surface area (Å²) in [6.45, 7) is 1.73. The Morgan fingerprint density at radius 3 is 2.70 bits per heavy atom. The van der Waals surface area contributed by atoms with Crippen LogP contribution in [0.2, 0.25) is 0 Å². The number of benzene rings is 1. The fraction of sp³-hybridized carbons (Fsp3) is 0.562. The van der Waals surface area contributed by atoms with Crippen LogP contribution < -0.4 is 0 Å². The van der Waals surface area contributed by atoms with Crippen molar-refractivity contribution in [2.24, 2.45) is 0 Å². The van der Waals surface area contributed by atoms with Crippen LogP contribution in [0.25, 0.3) is 0 Å². The minimum Gasteiger partial charge on any atom is -0.387 e. The third-order valence-electron chi connectivity index (χ3n) is 3.77. The zero-order valence-electron chi connectivity index (χ0n) is 12.4. The number of rotatable bonds is 5. The van der Waals surface area contributed by atoms with Gasteiger partial charge in [-0.1, -0.05) is 30.3 Å². The lowest BCUT2D eigenvalue weighted by molar-refractivity contribution is -0.131. The van der Waals surface area contributed by atoms with Gasteiger partial charge in [0.25, 0.3) is 0 Å². The van der Waals surface area contributed by atoms with Crippen molar-refractivity contribution in [2.45, 2.75) is 24.9 Å². The van der Waals surface area contributed by atoms with E-state index in [1.165, 1.54) is 5.56 Å². The molecule has 0 saturated carbocycles. The minimum absolute atomic E-state index is 0.142. The summed E-state index contributed by atoms with van der Waals surface area (Å²) < 4.78 is 0. The van der Waals surface area contributed by atoms with Crippen LogP contribution in [0.15, 0.2) is 30.3 Å². The molecule has 0 aliphatic carbocycles. The van der Waals surface area contributed by atoms with E-state index in [2.05, 4.69) is 0 Å². The molecule has 1 fully saturated rings. The van der Waals surface area contributed by atoms with E-state index < -0.39 is 5.60 Å². The van der Waals surface area contributed by atoms with Crippen LogP contribution in [0.4, 0.5) is 0 Å². The van der Waals surface area contributed by atoms with Crippen molar-refractivity contribution in [1.29, 1.82) is 0 Å². The monoisotopic (exact) mass is 276 g/mol. The number of likely N-dealkylation sites (tertiary alicyclic amines) is 1.